The highest BCUT2D eigenvalue weighted by atomic mass is 16.5. The lowest BCUT2D eigenvalue weighted by Gasteiger charge is -2.25. The van der Waals surface area contributed by atoms with E-state index in [0.717, 1.165) is 17.9 Å². The van der Waals surface area contributed by atoms with Crippen LogP contribution in [-0.2, 0) is 13.5 Å². The van der Waals surface area contributed by atoms with Gasteiger partial charge in [0.1, 0.15) is 12.8 Å². The van der Waals surface area contributed by atoms with Crippen molar-refractivity contribution in [2.45, 2.75) is 72.1 Å². The number of aromatic nitrogens is 1. The molecular weight excluding hydrogens is 414 g/mol. The molecule has 2 aliphatic rings. The summed E-state index contributed by atoms with van der Waals surface area (Å²) in [6.45, 7) is 9.10. The second-order valence-corrected chi connectivity index (χ2v) is 11.2. The van der Waals surface area contributed by atoms with Gasteiger partial charge in [0.05, 0.1) is 5.56 Å². The molecule has 2 nitrogen and oxygen atoms in total. The van der Waals surface area contributed by atoms with Crippen LogP contribution < -0.4 is 9.30 Å². The molecule has 0 amide bonds. The fraction of sp³-hybridized carbons (Fsp3) is 0.406. The molecule has 2 heterocycles. The number of ether oxygens (including phenoxy) is 1. The number of hydrogen-bond donors (Lipinski definition) is 0. The van der Waals surface area contributed by atoms with E-state index in [2.05, 4.69) is 81.9 Å². The number of fused-ring (bicyclic) bond motifs is 4. The summed E-state index contributed by atoms with van der Waals surface area (Å²) in [5.41, 5.74) is 8.10. The monoisotopic (exact) mass is 450 g/mol. The SMILES string of the molecule is Cc1cc2cc(CC(C)C)cc3c2c(c1C)-c1c(c2cc(C4CCCCC4)ccc2c[n+]1C)O3. The molecule has 0 radical (unpaired) electrons. The molecule has 1 fully saturated rings. The molecule has 0 spiro atoms. The van der Waals surface area contributed by atoms with Crippen LogP contribution in [0.2, 0.25) is 0 Å². The number of rotatable bonds is 3. The Labute approximate surface area is 203 Å². The molecule has 0 unspecified atom stereocenters. The van der Waals surface area contributed by atoms with Gasteiger partial charge in [-0.2, -0.15) is 4.57 Å². The van der Waals surface area contributed by atoms with Gasteiger partial charge in [0.15, 0.2) is 6.20 Å². The maximum atomic E-state index is 6.88. The van der Waals surface area contributed by atoms with E-state index in [9.17, 15) is 0 Å². The first-order valence-corrected chi connectivity index (χ1v) is 13.1. The van der Waals surface area contributed by atoms with Crippen molar-refractivity contribution in [3.63, 3.8) is 0 Å². The zero-order chi connectivity index (χ0) is 23.6. The summed E-state index contributed by atoms with van der Waals surface area (Å²) in [6.07, 6.45) is 10.1. The Hall–Kier alpha value is -2.87. The normalized spacial score (nSPS) is 15.7. The molecular formula is C32H36NO+. The highest BCUT2D eigenvalue weighted by Crippen LogP contribution is 2.50. The topological polar surface area (TPSA) is 13.1 Å². The van der Waals surface area contributed by atoms with Crippen LogP contribution in [-0.4, -0.2) is 0 Å². The van der Waals surface area contributed by atoms with E-state index >= 15 is 0 Å². The van der Waals surface area contributed by atoms with E-state index in [-0.39, 0.29) is 0 Å². The molecule has 0 saturated heterocycles. The lowest BCUT2D eigenvalue weighted by atomic mass is 9.83. The molecule has 1 aliphatic heterocycles. The summed E-state index contributed by atoms with van der Waals surface area (Å²) in [5, 5.41) is 5.07. The number of aryl methyl sites for hydroxylation is 2. The highest BCUT2D eigenvalue weighted by molar-refractivity contribution is 6.07. The molecule has 3 aromatic carbocycles. The molecule has 0 N–H and O–H groups in total. The maximum absolute atomic E-state index is 6.88. The van der Waals surface area contributed by atoms with Crippen LogP contribution >= 0.6 is 0 Å². The van der Waals surface area contributed by atoms with Gasteiger partial charge in [0.2, 0.25) is 5.75 Å². The standard InChI is InChI=1S/C32H36NO/c1-19(2)13-22-15-26-14-20(3)21(4)29-30(26)28(16-22)34-32-27-17-24(23-9-7-6-8-10-23)11-12-25(27)18-33(5)31(29)32/h11-12,14-19,23H,6-10,13H2,1-5H3/q+1. The fourth-order valence-corrected chi connectivity index (χ4v) is 6.41. The van der Waals surface area contributed by atoms with Crippen LogP contribution in [0.5, 0.6) is 11.5 Å². The molecule has 0 atom stereocenters. The molecule has 1 aliphatic carbocycles. The van der Waals surface area contributed by atoms with Gasteiger partial charge in [-0.1, -0.05) is 51.3 Å². The summed E-state index contributed by atoms with van der Waals surface area (Å²) < 4.78 is 9.16. The second kappa shape index (κ2) is 8.12. The summed E-state index contributed by atoms with van der Waals surface area (Å²) >= 11 is 0. The zero-order valence-electron chi connectivity index (χ0n) is 21.3. The Kier molecular flexibility index (Phi) is 5.17. The molecule has 34 heavy (non-hydrogen) atoms. The second-order valence-electron chi connectivity index (χ2n) is 11.2. The minimum atomic E-state index is 0.614. The third-order valence-electron chi connectivity index (χ3n) is 8.17. The molecule has 2 heteroatoms. The van der Waals surface area contributed by atoms with Crippen LogP contribution in [0, 0.1) is 19.8 Å². The Balaban J connectivity index is 1.63. The van der Waals surface area contributed by atoms with Gasteiger partial charge in [0, 0.05) is 16.2 Å². The Morgan fingerprint density at radius 3 is 2.53 bits per heavy atom. The Morgan fingerprint density at radius 1 is 0.971 bits per heavy atom. The van der Waals surface area contributed by atoms with Gasteiger partial charge in [-0.05, 0) is 90.8 Å². The first kappa shape index (κ1) is 21.6. The fourth-order valence-electron chi connectivity index (χ4n) is 6.41. The van der Waals surface area contributed by atoms with Gasteiger partial charge in [0.25, 0.3) is 5.69 Å². The van der Waals surface area contributed by atoms with E-state index in [0.29, 0.717) is 11.8 Å². The highest BCUT2D eigenvalue weighted by Gasteiger charge is 2.32. The van der Waals surface area contributed by atoms with Crippen molar-refractivity contribution < 1.29 is 9.30 Å². The van der Waals surface area contributed by atoms with Crippen molar-refractivity contribution in [3.8, 4) is 22.8 Å². The number of nitrogens with zero attached hydrogens (tertiary/aromatic N) is 1. The van der Waals surface area contributed by atoms with Crippen LogP contribution in [0.1, 0.15) is 74.1 Å². The van der Waals surface area contributed by atoms with E-state index in [1.807, 2.05) is 0 Å². The van der Waals surface area contributed by atoms with Crippen molar-refractivity contribution in [2.24, 2.45) is 13.0 Å². The molecule has 4 aromatic rings. The molecule has 174 valence electrons. The van der Waals surface area contributed by atoms with E-state index in [4.69, 9.17) is 4.74 Å². The lowest BCUT2D eigenvalue weighted by Crippen LogP contribution is -2.32. The van der Waals surface area contributed by atoms with Crippen molar-refractivity contribution in [1.82, 2.24) is 0 Å². The number of hydrogen-bond acceptors (Lipinski definition) is 1. The first-order chi connectivity index (χ1) is 16.4. The molecule has 0 bridgehead atoms. The Morgan fingerprint density at radius 2 is 1.76 bits per heavy atom. The third kappa shape index (κ3) is 3.42. The summed E-state index contributed by atoms with van der Waals surface area (Å²) in [5.74, 6) is 3.35. The van der Waals surface area contributed by atoms with Crippen molar-refractivity contribution in [2.75, 3.05) is 0 Å². The lowest BCUT2D eigenvalue weighted by molar-refractivity contribution is -0.659. The van der Waals surface area contributed by atoms with E-state index in [1.165, 1.54) is 87.2 Å². The van der Waals surface area contributed by atoms with Crippen LogP contribution in [0.25, 0.3) is 32.8 Å². The first-order valence-electron chi connectivity index (χ1n) is 13.1. The van der Waals surface area contributed by atoms with E-state index < -0.39 is 0 Å². The van der Waals surface area contributed by atoms with Gasteiger partial charge < -0.3 is 4.74 Å². The van der Waals surface area contributed by atoms with Gasteiger partial charge in [-0.3, -0.25) is 0 Å². The van der Waals surface area contributed by atoms with Crippen molar-refractivity contribution in [1.29, 1.82) is 0 Å². The average Bonchev–Trinajstić information content (AvgIpc) is 2.81. The smallest absolute Gasteiger partial charge is 0.257 e. The zero-order valence-corrected chi connectivity index (χ0v) is 21.3. The number of benzene rings is 3. The van der Waals surface area contributed by atoms with Crippen LogP contribution in [0.15, 0.2) is 42.6 Å². The summed E-state index contributed by atoms with van der Waals surface area (Å²) in [4.78, 5) is 0. The minimum Gasteiger partial charge on any atom is -0.449 e. The summed E-state index contributed by atoms with van der Waals surface area (Å²) in [6, 6.07) is 14.1. The Bertz CT molecular complexity index is 1440. The van der Waals surface area contributed by atoms with Gasteiger partial charge >= 0.3 is 0 Å². The quantitative estimate of drug-likeness (QED) is 0.251. The largest absolute Gasteiger partial charge is 0.449 e. The van der Waals surface area contributed by atoms with Crippen molar-refractivity contribution >= 4 is 21.5 Å². The molecule has 1 aromatic heterocycles. The third-order valence-corrected chi connectivity index (χ3v) is 8.17. The predicted molar refractivity (Wildman–Crippen MR) is 142 cm³/mol. The number of pyridine rings is 1. The molecule has 6 rings (SSSR count). The van der Waals surface area contributed by atoms with Gasteiger partial charge in [-0.15, -0.1) is 0 Å². The predicted octanol–water partition coefficient (Wildman–Crippen LogP) is 8.45. The summed E-state index contributed by atoms with van der Waals surface area (Å²) in [7, 11) is 2.17. The van der Waals surface area contributed by atoms with Crippen LogP contribution in [0.3, 0.4) is 0 Å². The average molecular weight is 451 g/mol. The minimum absolute atomic E-state index is 0.614. The van der Waals surface area contributed by atoms with Crippen LogP contribution in [0.4, 0.5) is 0 Å². The van der Waals surface area contributed by atoms with E-state index in [1.54, 1.807) is 0 Å². The maximum Gasteiger partial charge on any atom is 0.257 e. The van der Waals surface area contributed by atoms with Crippen molar-refractivity contribution in [3.05, 3.63) is 64.8 Å². The molecule has 1 saturated carbocycles. The van der Waals surface area contributed by atoms with Gasteiger partial charge in [-0.25, -0.2) is 0 Å².